The van der Waals surface area contributed by atoms with Crippen LogP contribution in [0.2, 0.25) is 0 Å². The van der Waals surface area contributed by atoms with Gasteiger partial charge in [-0.25, -0.2) is 0 Å². The van der Waals surface area contributed by atoms with Gasteiger partial charge in [-0.2, -0.15) is 0 Å². The molecule has 0 radical (unpaired) electrons. The summed E-state index contributed by atoms with van der Waals surface area (Å²) in [7, 11) is 0. The molecule has 0 aliphatic carbocycles. The van der Waals surface area contributed by atoms with E-state index in [0.717, 1.165) is 12.8 Å². The molecule has 0 heterocycles. The largest absolute Gasteiger partial charge is 0.426 e. The van der Waals surface area contributed by atoms with E-state index in [1.807, 2.05) is 25.1 Å². The van der Waals surface area contributed by atoms with Gasteiger partial charge in [-0.3, -0.25) is 4.79 Å². The van der Waals surface area contributed by atoms with Crippen molar-refractivity contribution in [3.63, 3.8) is 0 Å². The fourth-order valence-corrected chi connectivity index (χ4v) is 2.40. The molecule has 0 aliphatic heterocycles. The third-order valence-electron chi connectivity index (χ3n) is 3.77. The van der Waals surface area contributed by atoms with Crippen molar-refractivity contribution in [1.29, 1.82) is 0 Å². The zero-order chi connectivity index (χ0) is 15.5. The Morgan fingerprint density at radius 1 is 1.10 bits per heavy atom. The minimum Gasteiger partial charge on any atom is -0.426 e. The molecule has 0 unspecified atom stereocenters. The lowest BCUT2D eigenvalue weighted by Crippen LogP contribution is -2.31. The molecule has 0 saturated carbocycles. The van der Waals surface area contributed by atoms with Crippen LogP contribution in [0, 0.1) is 5.92 Å². The number of carbonyl (C=O) groups is 1. The summed E-state index contributed by atoms with van der Waals surface area (Å²) in [5.41, 5.74) is 0. The number of aliphatic hydroxyl groups excluding tert-OH is 1. The third kappa shape index (κ3) is 6.76. The fraction of sp³-hybridized carbons (Fsp3) is 0.611. The normalized spacial score (nSPS) is 13.7. The zero-order valence-electron chi connectivity index (χ0n) is 13.3. The summed E-state index contributed by atoms with van der Waals surface area (Å²) < 4.78 is 5.38. The molecule has 0 spiro atoms. The number of hydrogen-bond donors (Lipinski definition) is 1. The molecule has 1 N–H and O–H groups in total. The van der Waals surface area contributed by atoms with E-state index in [-0.39, 0.29) is 5.97 Å². The monoisotopic (exact) mass is 292 g/mol. The van der Waals surface area contributed by atoms with Crippen LogP contribution in [0.4, 0.5) is 0 Å². The highest BCUT2D eigenvalue weighted by molar-refractivity contribution is 5.75. The maximum atomic E-state index is 12.3. The van der Waals surface area contributed by atoms with Crippen molar-refractivity contribution in [1.82, 2.24) is 0 Å². The Bertz CT molecular complexity index is 389. The maximum absolute atomic E-state index is 12.3. The van der Waals surface area contributed by atoms with Crippen molar-refractivity contribution in [2.75, 3.05) is 0 Å². The van der Waals surface area contributed by atoms with Crippen LogP contribution in [-0.4, -0.2) is 17.2 Å². The molecular weight excluding hydrogens is 264 g/mol. The average molecular weight is 292 g/mol. The Morgan fingerprint density at radius 2 is 1.76 bits per heavy atom. The molecule has 0 aliphatic rings. The average Bonchev–Trinajstić information content (AvgIpc) is 2.51. The summed E-state index contributed by atoms with van der Waals surface area (Å²) in [6.07, 6.45) is 6.36. The van der Waals surface area contributed by atoms with Crippen molar-refractivity contribution < 1.29 is 14.6 Å². The Balaban J connectivity index is 2.50. The summed E-state index contributed by atoms with van der Waals surface area (Å²) in [6.45, 7) is 4.07. The number of hydrogen-bond acceptors (Lipinski definition) is 3. The Morgan fingerprint density at radius 3 is 2.38 bits per heavy atom. The molecule has 0 saturated heterocycles. The molecule has 0 fully saturated rings. The van der Waals surface area contributed by atoms with E-state index < -0.39 is 12.0 Å². The second kappa shape index (κ2) is 10.4. The van der Waals surface area contributed by atoms with E-state index in [9.17, 15) is 9.90 Å². The minimum absolute atomic E-state index is 0.314. The number of benzene rings is 1. The van der Waals surface area contributed by atoms with E-state index >= 15 is 0 Å². The van der Waals surface area contributed by atoms with Crippen LogP contribution in [-0.2, 0) is 4.79 Å². The Hall–Kier alpha value is -1.35. The summed E-state index contributed by atoms with van der Waals surface area (Å²) in [5, 5.41) is 10.1. The number of aliphatic hydroxyl groups is 1. The second-order valence-electron chi connectivity index (χ2n) is 5.52. The van der Waals surface area contributed by atoms with Gasteiger partial charge >= 0.3 is 5.97 Å². The van der Waals surface area contributed by atoms with E-state index in [1.54, 1.807) is 12.1 Å². The lowest BCUT2D eigenvalue weighted by atomic mass is 9.93. The minimum atomic E-state index is -0.618. The first-order valence-corrected chi connectivity index (χ1v) is 8.13. The van der Waals surface area contributed by atoms with Crippen molar-refractivity contribution in [3.8, 4) is 5.75 Å². The van der Waals surface area contributed by atoms with Gasteiger partial charge in [0.1, 0.15) is 5.75 Å². The molecular formula is C18H28O3. The highest BCUT2D eigenvalue weighted by atomic mass is 16.5. The van der Waals surface area contributed by atoms with Gasteiger partial charge in [-0.15, -0.1) is 0 Å². The van der Waals surface area contributed by atoms with Crippen molar-refractivity contribution >= 4 is 5.97 Å². The van der Waals surface area contributed by atoms with Crippen molar-refractivity contribution in [2.24, 2.45) is 5.92 Å². The fourth-order valence-electron chi connectivity index (χ4n) is 2.40. The highest BCUT2D eigenvalue weighted by Crippen LogP contribution is 2.20. The highest BCUT2D eigenvalue weighted by Gasteiger charge is 2.27. The molecule has 1 rings (SSSR count). The summed E-state index contributed by atoms with van der Waals surface area (Å²) in [5.74, 6) is -0.190. The number of ether oxygens (including phenoxy) is 1. The van der Waals surface area contributed by atoms with Crippen LogP contribution >= 0.6 is 0 Å². The van der Waals surface area contributed by atoms with Gasteiger partial charge < -0.3 is 9.84 Å². The molecule has 1 aromatic rings. The molecule has 3 nitrogen and oxygen atoms in total. The quantitative estimate of drug-likeness (QED) is 0.396. The number of carbonyl (C=O) groups excluding carboxylic acids is 1. The van der Waals surface area contributed by atoms with Crippen LogP contribution in [0.25, 0.3) is 0 Å². The van der Waals surface area contributed by atoms with Crippen LogP contribution in [0.5, 0.6) is 5.75 Å². The van der Waals surface area contributed by atoms with Crippen LogP contribution in [0.15, 0.2) is 30.3 Å². The van der Waals surface area contributed by atoms with Gasteiger partial charge in [0.2, 0.25) is 0 Å². The van der Waals surface area contributed by atoms with Crippen molar-refractivity contribution in [2.45, 2.75) is 64.9 Å². The van der Waals surface area contributed by atoms with E-state index in [1.165, 1.54) is 19.3 Å². The van der Waals surface area contributed by atoms with Gasteiger partial charge in [-0.05, 0) is 25.0 Å². The molecule has 118 valence electrons. The van der Waals surface area contributed by atoms with Gasteiger partial charge in [-0.1, -0.05) is 64.2 Å². The smallest absolute Gasteiger partial charge is 0.316 e. The Kier molecular flexibility index (Phi) is 8.76. The predicted molar refractivity (Wildman–Crippen MR) is 85.2 cm³/mol. The first-order chi connectivity index (χ1) is 10.2. The molecule has 0 amide bonds. The topological polar surface area (TPSA) is 46.5 Å². The summed E-state index contributed by atoms with van der Waals surface area (Å²) >= 11 is 0. The number of rotatable bonds is 10. The third-order valence-corrected chi connectivity index (χ3v) is 3.77. The maximum Gasteiger partial charge on any atom is 0.316 e. The van der Waals surface area contributed by atoms with Gasteiger partial charge in [0.25, 0.3) is 0 Å². The molecule has 1 aromatic carbocycles. The van der Waals surface area contributed by atoms with E-state index in [4.69, 9.17) is 4.74 Å². The zero-order valence-corrected chi connectivity index (χ0v) is 13.3. The number of unbranched alkanes of at least 4 members (excludes halogenated alkanes) is 4. The molecule has 3 heteroatoms. The molecule has 21 heavy (non-hydrogen) atoms. The van der Waals surface area contributed by atoms with Gasteiger partial charge in [0, 0.05) is 0 Å². The van der Waals surface area contributed by atoms with Crippen LogP contribution in [0.3, 0.4) is 0 Å². The summed E-state index contributed by atoms with van der Waals surface area (Å²) in [4.78, 5) is 12.3. The number of esters is 1. The van der Waals surface area contributed by atoms with Crippen LogP contribution in [0.1, 0.15) is 58.8 Å². The molecule has 2 atom stereocenters. The Labute approximate surface area is 128 Å². The van der Waals surface area contributed by atoms with Gasteiger partial charge in [0.15, 0.2) is 0 Å². The first-order valence-electron chi connectivity index (χ1n) is 8.13. The molecule has 0 aromatic heterocycles. The van der Waals surface area contributed by atoms with E-state index in [0.29, 0.717) is 18.6 Å². The predicted octanol–water partition coefficient (Wildman–Crippen LogP) is 4.34. The number of para-hydroxylation sites is 1. The second-order valence-corrected chi connectivity index (χ2v) is 5.52. The molecule has 0 bridgehead atoms. The lowest BCUT2D eigenvalue weighted by Gasteiger charge is -2.20. The van der Waals surface area contributed by atoms with Gasteiger partial charge in [0.05, 0.1) is 12.0 Å². The standard InChI is InChI=1S/C18H28O3/c1-3-5-6-7-11-14-16(17(19)4-2)18(20)21-15-12-9-8-10-13-15/h8-10,12-13,16-17,19H,3-7,11,14H2,1-2H3/t16-,17+/m0/s1. The van der Waals surface area contributed by atoms with Crippen molar-refractivity contribution in [3.05, 3.63) is 30.3 Å². The summed E-state index contributed by atoms with van der Waals surface area (Å²) in [6, 6.07) is 9.06. The van der Waals surface area contributed by atoms with Crippen LogP contribution < -0.4 is 4.74 Å². The van der Waals surface area contributed by atoms with E-state index in [2.05, 4.69) is 6.92 Å². The first kappa shape index (κ1) is 17.7. The lowest BCUT2D eigenvalue weighted by molar-refractivity contribution is -0.143. The SMILES string of the molecule is CCCCCCC[C@H](C(=O)Oc1ccccc1)[C@H](O)CC.